The average Bonchev–Trinajstić information content (AvgIpc) is 2.94. The zero-order valence-electron chi connectivity index (χ0n) is 17.3. The van der Waals surface area contributed by atoms with E-state index in [1.807, 2.05) is 37.3 Å². The monoisotopic (exact) mass is 452 g/mol. The van der Waals surface area contributed by atoms with Crippen LogP contribution in [0.2, 0.25) is 0 Å². The smallest absolute Gasteiger partial charge is 0.548 e. The fraction of sp³-hybridized carbons (Fsp3) is 0.381. The summed E-state index contributed by atoms with van der Waals surface area (Å²) in [6, 6.07) is 9.28. The Morgan fingerprint density at radius 3 is 2.60 bits per heavy atom. The maximum absolute atomic E-state index is 13.2. The number of carboxylic acids is 1. The Bertz CT molecular complexity index is 1030. The molecular weight excluding hydrogens is 431 g/mol. The number of amides is 2. The van der Waals surface area contributed by atoms with Crippen molar-refractivity contribution in [1.82, 2.24) is 10.2 Å². The van der Waals surface area contributed by atoms with Crippen LogP contribution in [0.4, 0.5) is 0 Å². The van der Waals surface area contributed by atoms with Crippen molar-refractivity contribution in [2.75, 3.05) is 6.61 Å². The molecule has 0 saturated carbocycles. The molecule has 152 valence electrons. The van der Waals surface area contributed by atoms with Crippen LogP contribution in [-0.2, 0) is 9.59 Å². The first-order valence-corrected chi connectivity index (χ1v) is 10.3. The van der Waals surface area contributed by atoms with E-state index in [2.05, 4.69) is 5.32 Å². The summed E-state index contributed by atoms with van der Waals surface area (Å²) in [5.74, 6) is -1.66. The van der Waals surface area contributed by atoms with Crippen LogP contribution in [0, 0.1) is 0 Å². The minimum absolute atomic E-state index is 0. The number of hydrogen-bond acceptors (Lipinski definition) is 6. The molecule has 30 heavy (non-hydrogen) atoms. The Labute approximate surface area is 221 Å². The molecular formula is C21H21KN2O5S. The summed E-state index contributed by atoms with van der Waals surface area (Å²) in [5, 5.41) is 15.5. The Hall–Kier alpha value is -1.10. The fourth-order valence-electron chi connectivity index (χ4n) is 4.10. The van der Waals surface area contributed by atoms with Gasteiger partial charge in [0.1, 0.15) is 17.2 Å². The van der Waals surface area contributed by atoms with Crippen LogP contribution in [0.3, 0.4) is 0 Å². The summed E-state index contributed by atoms with van der Waals surface area (Å²) >= 11 is 1.36. The zero-order chi connectivity index (χ0) is 20.9. The van der Waals surface area contributed by atoms with Crippen LogP contribution in [0.25, 0.3) is 10.8 Å². The van der Waals surface area contributed by atoms with Crippen molar-refractivity contribution < 1.29 is 75.6 Å². The molecule has 1 N–H and O–H groups in total. The molecule has 2 amide bonds. The molecule has 0 aromatic heterocycles. The quantitative estimate of drug-likeness (QED) is 0.423. The number of nitrogens with one attached hydrogen (secondary N) is 1. The molecule has 2 aliphatic rings. The SMILES string of the molecule is CCOc1ccc2ccccc2c1C(=O)NC1C(=O)N2C1SC(C)(C)C2C(=O)[O-].[K+]. The van der Waals surface area contributed by atoms with Crippen molar-refractivity contribution in [3.05, 3.63) is 42.0 Å². The van der Waals surface area contributed by atoms with E-state index in [9.17, 15) is 19.5 Å². The van der Waals surface area contributed by atoms with Gasteiger partial charge in [0.2, 0.25) is 5.91 Å². The van der Waals surface area contributed by atoms with Gasteiger partial charge in [-0.1, -0.05) is 30.3 Å². The van der Waals surface area contributed by atoms with Crippen molar-refractivity contribution >= 4 is 40.3 Å². The van der Waals surface area contributed by atoms with E-state index in [1.54, 1.807) is 19.9 Å². The number of benzene rings is 2. The summed E-state index contributed by atoms with van der Waals surface area (Å²) < 4.78 is 4.95. The second-order valence-electron chi connectivity index (χ2n) is 7.62. The number of β-lactam (4-membered cyclic amide) rings is 1. The van der Waals surface area contributed by atoms with E-state index in [4.69, 9.17) is 4.74 Å². The number of nitrogens with zero attached hydrogens (tertiary/aromatic N) is 1. The van der Waals surface area contributed by atoms with Crippen LogP contribution in [-0.4, -0.2) is 51.5 Å². The summed E-state index contributed by atoms with van der Waals surface area (Å²) in [7, 11) is 0. The number of carbonyl (C=O) groups is 3. The third kappa shape index (κ3) is 3.80. The van der Waals surface area contributed by atoms with Gasteiger partial charge in [-0.25, -0.2) is 0 Å². The predicted octanol–water partition coefficient (Wildman–Crippen LogP) is -1.85. The summed E-state index contributed by atoms with van der Waals surface area (Å²) in [6.07, 6.45) is 0. The third-order valence-electron chi connectivity index (χ3n) is 5.37. The standard InChI is InChI=1S/C21H22N2O5S.K/c1-4-28-13-10-9-11-7-5-6-8-12(11)14(13)17(24)22-15-18(25)23-16(20(26)27)21(2,3)29-19(15)23;/h5-10,15-16,19H,4H2,1-3H3,(H,22,24)(H,26,27);/q;+1/p-1. The second-order valence-corrected chi connectivity index (χ2v) is 9.39. The molecule has 2 aliphatic heterocycles. The van der Waals surface area contributed by atoms with Gasteiger partial charge in [0.05, 0.1) is 24.2 Å². The Morgan fingerprint density at radius 2 is 1.93 bits per heavy atom. The molecule has 0 radical (unpaired) electrons. The number of ether oxygens (including phenoxy) is 1. The number of rotatable bonds is 5. The second kappa shape index (κ2) is 8.80. The molecule has 3 unspecified atom stereocenters. The Kier molecular flexibility index (Phi) is 6.91. The van der Waals surface area contributed by atoms with Gasteiger partial charge in [-0.3, -0.25) is 9.59 Å². The van der Waals surface area contributed by atoms with Crippen LogP contribution in [0.1, 0.15) is 31.1 Å². The Balaban J connectivity index is 0.00000256. The van der Waals surface area contributed by atoms with E-state index < -0.39 is 40.0 Å². The van der Waals surface area contributed by atoms with Gasteiger partial charge in [-0.15, -0.1) is 11.8 Å². The number of aliphatic carboxylic acids is 1. The van der Waals surface area contributed by atoms with Crippen LogP contribution in [0.15, 0.2) is 36.4 Å². The molecule has 7 nitrogen and oxygen atoms in total. The van der Waals surface area contributed by atoms with Crippen molar-refractivity contribution in [3.8, 4) is 5.75 Å². The van der Waals surface area contributed by atoms with Gasteiger partial charge in [0, 0.05) is 4.75 Å². The van der Waals surface area contributed by atoms with Gasteiger partial charge in [-0.2, -0.15) is 0 Å². The minimum Gasteiger partial charge on any atom is -0.548 e. The Morgan fingerprint density at radius 1 is 1.23 bits per heavy atom. The van der Waals surface area contributed by atoms with Crippen LogP contribution >= 0.6 is 11.8 Å². The maximum Gasteiger partial charge on any atom is 1.00 e. The number of thioether (sulfide) groups is 1. The van der Waals surface area contributed by atoms with Gasteiger partial charge < -0.3 is 24.9 Å². The van der Waals surface area contributed by atoms with Gasteiger partial charge in [0.15, 0.2) is 0 Å². The van der Waals surface area contributed by atoms with Crippen LogP contribution < -0.4 is 66.5 Å². The molecule has 0 spiro atoms. The number of hydrogen-bond donors (Lipinski definition) is 1. The molecule has 3 atom stereocenters. The molecule has 2 aromatic carbocycles. The molecule has 0 aliphatic carbocycles. The molecule has 4 rings (SSSR count). The first-order chi connectivity index (χ1) is 13.8. The van der Waals surface area contributed by atoms with Gasteiger partial charge in [0.25, 0.3) is 5.91 Å². The van der Waals surface area contributed by atoms with Gasteiger partial charge in [-0.05, 0) is 37.6 Å². The van der Waals surface area contributed by atoms with E-state index in [0.29, 0.717) is 17.9 Å². The molecule has 0 bridgehead atoms. The number of fused-ring (bicyclic) bond motifs is 2. The van der Waals surface area contributed by atoms with Crippen LogP contribution in [0.5, 0.6) is 5.75 Å². The molecule has 9 heteroatoms. The molecule has 2 heterocycles. The predicted molar refractivity (Wildman–Crippen MR) is 107 cm³/mol. The first kappa shape index (κ1) is 23.6. The van der Waals surface area contributed by atoms with Crippen molar-refractivity contribution in [2.24, 2.45) is 0 Å². The van der Waals surface area contributed by atoms with Crippen molar-refractivity contribution in [2.45, 2.75) is 43.0 Å². The van der Waals surface area contributed by atoms with E-state index in [-0.39, 0.29) is 51.4 Å². The van der Waals surface area contributed by atoms with Gasteiger partial charge >= 0.3 is 51.4 Å². The topological polar surface area (TPSA) is 98.8 Å². The number of carbonyl (C=O) groups excluding carboxylic acids is 3. The normalized spacial score (nSPS) is 23.9. The van der Waals surface area contributed by atoms with Crippen molar-refractivity contribution in [3.63, 3.8) is 0 Å². The average molecular weight is 453 g/mol. The molecule has 2 aromatic rings. The van der Waals surface area contributed by atoms with E-state index >= 15 is 0 Å². The maximum atomic E-state index is 13.2. The number of carboxylic acid groups (broad SMARTS) is 1. The molecule has 2 fully saturated rings. The van der Waals surface area contributed by atoms with Crippen molar-refractivity contribution in [1.29, 1.82) is 0 Å². The first-order valence-electron chi connectivity index (χ1n) is 9.42. The summed E-state index contributed by atoms with van der Waals surface area (Å²) in [4.78, 5) is 38.7. The summed E-state index contributed by atoms with van der Waals surface area (Å²) in [5.41, 5.74) is 0.370. The zero-order valence-corrected chi connectivity index (χ0v) is 21.2. The third-order valence-corrected chi connectivity index (χ3v) is 6.94. The minimum atomic E-state index is -1.28. The van der Waals surface area contributed by atoms with E-state index in [0.717, 1.165) is 10.8 Å². The summed E-state index contributed by atoms with van der Waals surface area (Å²) in [6.45, 7) is 5.76. The fourth-order valence-corrected chi connectivity index (χ4v) is 5.72. The molecule has 2 saturated heterocycles. The largest absolute Gasteiger partial charge is 1.00 e. The van der Waals surface area contributed by atoms with E-state index in [1.165, 1.54) is 16.7 Å².